The van der Waals surface area contributed by atoms with Gasteiger partial charge in [0, 0.05) is 13.0 Å². The van der Waals surface area contributed by atoms with Crippen LogP contribution in [-0.4, -0.2) is 31.2 Å². The van der Waals surface area contributed by atoms with Gasteiger partial charge in [0.2, 0.25) is 0 Å². The summed E-state index contributed by atoms with van der Waals surface area (Å²) in [6, 6.07) is 0. The molecule has 0 aromatic rings. The van der Waals surface area contributed by atoms with Crippen molar-refractivity contribution in [2.24, 2.45) is 0 Å². The van der Waals surface area contributed by atoms with Gasteiger partial charge in [-0.05, 0) is 25.7 Å². The second kappa shape index (κ2) is 4.20. The van der Waals surface area contributed by atoms with E-state index in [0.717, 1.165) is 32.3 Å². The normalized spacial score (nSPS) is 35.2. The number of hydrogen-bond acceptors (Lipinski definition) is 3. The third-order valence-electron chi connectivity index (χ3n) is 2.74. The molecular weight excluding hydrogens is 168 g/mol. The minimum Gasteiger partial charge on any atom is -0.379 e. The lowest BCUT2D eigenvalue weighted by molar-refractivity contribution is -0.137. The van der Waals surface area contributed by atoms with E-state index in [4.69, 9.17) is 9.47 Å². The Morgan fingerprint density at radius 1 is 1.31 bits per heavy atom. The summed E-state index contributed by atoms with van der Waals surface area (Å²) in [6.45, 7) is 1.45. The summed E-state index contributed by atoms with van der Waals surface area (Å²) in [6.07, 6.45) is 4.79. The molecule has 1 saturated carbocycles. The summed E-state index contributed by atoms with van der Waals surface area (Å²) >= 11 is 0. The minimum absolute atomic E-state index is 0.125. The van der Waals surface area contributed by atoms with Gasteiger partial charge < -0.3 is 9.47 Å². The van der Waals surface area contributed by atoms with Gasteiger partial charge in [-0.25, -0.2) is 0 Å². The highest BCUT2D eigenvalue weighted by Crippen LogP contribution is 2.21. The van der Waals surface area contributed by atoms with E-state index in [1.54, 1.807) is 0 Å². The van der Waals surface area contributed by atoms with Gasteiger partial charge in [0.15, 0.2) is 5.78 Å². The first-order valence-electron chi connectivity index (χ1n) is 5.12. The molecule has 1 heterocycles. The highest BCUT2D eigenvalue weighted by molar-refractivity contribution is 5.83. The van der Waals surface area contributed by atoms with Gasteiger partial charge in [-0.3, -0.25) is 4.79 Å². The third-order valence-corrected chi connectivity index (χ3v) is 2.74. The Hall–Kier alpha value is -0.410. The van der Waals surface area contributed by atoms with Crippen LogP contribution in [0.25, 0.3) is 0 Å². The molecule has 1 unspecified atom stereocenters. The summed E-state index contributed by atoms with van der Waals surface area (Å²) in [5.41, 5.74) is 0. The van der Waals surface area contributed by atoms with E-state index in [0.29, 0.717) is 13.0 Å². The summed E-state index contributed by atoms with van der Waals surface area (Å²) < 4.78 is 10.9. The van der Waals surface area contributed by atoms with E-state index in [2.05, 4.69) is 0 Å². The molecule has 13 heavy (non-hydrogen) atoms. The van der Waals surface area contributed by atoms with Gasteiger partial charge in [0.25, 0.3) is 0 Å². The molecule has 0 N–H and O–H groups in total. The molecule has 0 aromatic heterocycles. The first-order valence-corrected chi connectivity index (χ1v) is 5.12. The molecule has 0 spiro atoms. The fourth-order valence-electron chi connectivity index (χ4n) is 1.95. The van der Waals surface area contributed by atoms with Crippen LogP contribution in [0.3, 0.4) is 0 Å². The topological polar surface area (TPSA) is 35.5 Å². The van der Waals surface area contributed by atoms with Crippen LogP contribution in [0.5, 0.6) is 0 Å². The van der Waals surface area contributed by atoms with Crippen molar-refractivity contribution in [1.82, 2.24) is 0 Å². The van der Waals surface area contributed by atoms with Crippen LogP contribution in [0.2, 0.25) is 0 Å². The average molecular weight is 184 g/mol. The fraction of sp³-hybridized carbons (Fsp3) is 0.900. The molecule has 2 atom stereocenters. The highest BCUT2D eigenvalue weighted by atomic mass is 16.6. The zero-order valence-corrected chi connectivity index (χ0v) is 7.83. The monoisotopic (exact) mass is 184 g/mol. The zero-order chi connectivity index (χ0) is 9.10. The predicted octanol–water partition coefficient (Wildman–Crippen LogP) is 1.30. The Balaban J connectivity index is 1.81. The molecule has 0 amide bonds. The predicted molar refractivity (Wildman–Crippen MR) is 47.6 cm³/mol. The molecule has 74 valence electrons. The second-order valence-corrected chi connectivity index (χ2v) is 3.82. The molecular formula is C10H16O3. The largest absolute Gasteiger partial charge is 0.379 e. The maximum Gasteiger partial charge on any atom is 0.161 e. The van der Waals surface area contributed by atoms with Gasteiger partial charge in [0.05, 0.1) is 12.7 Å². The SMILES string of the molecule is O=C1CCCCC1O[C@@H]1CCOC1. The summed E-state index contributed by atoms with van der Waals surface area (Å²) in [5.74, 6) is 0.290. The Labute approximate surface area is 78.4 Å². The van der Waals surface area contributed by atoms with Crippen LogP contribution in [0.4, 0.5) is 0 Å². The van der Waals surface area contributed by atoms with E-state index < -0.39 is 0 Å². The zero-order valence-electron chi connectivity index (χ0n) is 7.83. The van der Waals surface area contributed by atoms with Crippen LogP contribution >= 0.6 is 0 Å². The van der Waals surface area contributed by atoms with Crippen molar-refractivity contribution >= 4 is 5.78 Å². The quantitative estimate of drug-likeness (QED) is 0.649. The van der Waals surface area contributed by atoms with Gasteiger partial charge in [-0.2, -0.15) is 0 Å². The number of carbonyl (C=O) groups is 1. The molecule has 1 aliphatic heterocycles. The van der Waals surface area contributed by atoms with E-state index >= 15 is 0 Å². The molecule has 3 heteroatoms. The molecule has 0 aromatic carbocycles. The maximum atomic E-state index is 11.4. The fourth-order valence-corrected chi connectivity index (χ4v) is 1.95. The number of hydrogen-bond donors (Lipinski definition) is 0. The molecule has 2 fully saturated rings. The number of Topliss-reactive ketones (excluding diaryl/α,β-unsaturated/α-hetero) is 1. The van der Waals surface area contributed by atoms with E-state index in [-0.39, 0.29) is 18.0 Å². The summed E-state index contributed by atoms with van der Waals surface area (Å²) in [7, 11) is 0. The number of carbonyl (C=O) groups excluding carboxylic acids is 1. The smallest absolute Gasteiger partial charge is 0.161 e. The standard InChI is InChI=1S/C10H16O3/c11-9-3-1-2-4-10(9)13-8-5-6-12-7-8/h8,10H,1-7H2/t8-,10?/m1/s1. The van der Waals surface area contributed by atoms with Crippen LogP contribution in [0.1, 0.15) is 32.1 Å². The molecule has 0 radical (unpaired) electrons. The second-order valence-electron chi connectivity index (χ2n) is 3.82. The van der Waals surface area contributed by atoms with Crippen molar-refractivity contribution in [3.8, 4) is 0 Å². The van der Waals surface area contributed by atoms with Gasteiger partial charge in [0.1, 0.15) is 6.10 Å². The van der Waals surface area contributed by atoms with Gasteiger partial charge in [-0.15, -0.1) is 0 Å². The van der Waals surface area contributed by atoms with Gasteiger partial charge >= 0.3 is 0 Å². The lowest BCUT2D eigenvalue weighted by Crippen LogP contribution is -2.32. The summed E-state index contributed by atoms with van der Waals surface area (Å²) in [4.78, 5) is 11.4. The van der Waals surface area contributed by atoms with Crippen molar-refractivity contribution in [2.45, 2.75) is 44.3 Å². The molecule has 1 saturated heterocycles. The molecule has 2 rings (SSSR count). The molecule has 3 nitrogen and oxygen atoms in total. The summed E-state index contributed by atoms with van der Waals surface area (Å²) in [5, 5.41) is 0. The number of ketones is 1. The number of ether oxygens (including phenoxy) is 2. The third kappa shape index (κ3) is 2.29. The molecule has 2 aliphatic rings. The lowest BCUT2D eigenvalue weighted by atomic mass is 9.96. The Bertz CT molecular complexity index is 185. The van der Waals surface area contributed by atoms with Crippen molar-refractivity contribution in [1.29, 1.82) is 0 Å². The Kier molecular flexibility index (Phi) is 2.96. The Morgan fingerprint density at radius 3 is 2.92 bits per heavy atom. The van der Waals surface area contributed by atoms with Crippen molar-refractivity contribution < 1.29 is 14.3 Å². The van der Waals surface area contributed by atoms with Gasteiger partial charge in [-0.1, -0.05) is 0 Å². The minimum atomic E-state index is -0.125. The first-order chi connectivity index (χ1) is 6.36. The van der Waals surface area contributed by atoms with Crippen LogP contribution in [-0.2, 0) is 14.3 Å². The highest BCUT2D eigenvalue weighted by Gasteiger charge is 2.27. The van der Waals surface area contributed by atoms with Crippen molar-refractivity contribution in [3.63, 3.8) is 0 Å². The van der Waals surface area contributed by atoms with Crippen molar-refractivity contribution in [3.05, 3.63) is 0 Å². The van der Waals surface area contributed by atoms with Crippen molar-refractivity contribution in [2.75, 3.05) is 13.2 Å². The van der Waals surface area contributed by atoms with Crippen LogP contribution in [0, 0.1) is 0 Å². The van der Waals surface area contributed by atoms with E-state index in [9.17, 15) is 4.79 Å². The molecule has 1 aliphatic carbocycles. The maximum absolute atomic E-state index is 11.4. The van der Waals surface area contributed by atoms with Crippen LogP contribution < -0.4 is 0 Å². The van der Waals surface area contributed by atoms with E-state index in [1.165, 1.54) is 0 Å². The Morgan fingerprint density at radius 2 is 2.23 bits per heavy atom. The number of rotatable bonds is 2. The molecule has 0 bridgehead atoms. The lowest BCUT2D eigenvalue weighted by Gasteiger charge is -2.23. The first kappa shape index (κ1) is 9.16. The van der Waals surface area contributed by atoms with Crippen LogP contribution in [0.15, 0.2) is 0 Å². The van der Waals surface area contributed by atoms with E-state index in [1.807, 2.05) is 0 Å². The average Bonchev–Trinajstić information content (AvgIpc) is 2.61.